The molecule has 1 nitrogen and oxygen atoms in total. The number of hydrogen-bond acceptors (Lipinski definition) is 1. The fourth-order valence-corrected chi connectivity index (χ4v) is 0.462. The van der Waals surface area contributed by atoms with Crippen LogP contribution in [-0.2, 0) is 4.79 Å². The smallest absolute Gasteiger partial charge is 0.190 e. The number of ketones is 1. The summed E-state index contributed by atoms with van der Waals surface area (Å²) in [6.07, 6.45) is 2.13. The van der Waals surface area contributed by atoms with Gasteiger partial charge in [0.05, 0.1) is 0 Å². The van der Waals surface area contributed by atoms with Crippen LogP contribution >= 0.6 is 0 Å². The van der Waals surface area contributed by atoms with Crippen molar-refractivity contribution in [2.24, 2.45) is 0 Å². The van der Waals surface area contributed by atoms with Crippen molar-refractivity contribution in [1.29, 1.82) is 0 Å². The van der Waals surface area contributed by atoms with Crippen LogP contribution < -0.4 is 0 Å². The molecule has 0 aliphatic carbocycles. The third kappa shape index (κ3) is 3.01. The van der Waals surface area contributed by atoms with E-state index in [4.69, 9.17) is 0 Å². The van der Waals surface area contributed by atoms with Crippen molar-refractivity contribution >= 4 is 5.78 Å². The third-order valence-electron chi connectivity index (χ3n) is 0.971. The fraction of sp³-hybridized carbons (Fsp3) is 0.571. The Morgan fingerprint density at radius 3 is 2.44 bits per heavy atom. The molecule has 0 rings (SSSR count). The second kappa shape index (κ2) is 4.24. The standard InChI is InChI=1S/C7H11FO/c1-3-5-6(8)7(9)4-2/h5H,3-4H2,1-2H3/b6-5-. The van der Waals surface area contributed by atoms with Crippen LogP contribution in [0, 0.1) is 0 Å². The molecule has 0 fully saturated rings. The summed E-state index contributed by atoms with van der Waals surface area (Å²) in [5.74, 6) is -1.00. The summed E-state index contributed by atoms with van der Waals surface area (Å²) >= 11 is 0. The Morgan fingerprint density at radius 1 is 1.56 bits per heavy atom. The average Bonchev–Trinajstić information content (AvgIpc) is 1.87. The minimum absolute atomic E-state index is 0.252. The monoisotopic (exact) mass is 130 g/mol. The molecule has 0 aromatic rings. The van der Waals surface area contributed by atoms with Gasteiger partial charge in [0, 0.05) is 6.42 Å². The number of hydrogen-bond donors (Lipinski definition) is 0. The Labute approximate surface area is 54.6 Å². The number of carbonyl (C=O) groups excluding carboxylic acids is 1. The predicted octanol–water partition coefficient (Wildman–Crippen LogP) is 2.23. The second-order valence-corrected chi connectivity index (χ2v) is 1.74. The van der Waals surface area contributed by atoms with Crippen molar-refractivity contribution in [3.63, 3.8) is 0 Å². The van der Waals surface area contributed by atoms with Crippen LogP contribution in [0.25, 0.3) is 0 Å². The Hall–Kier alpha value is -0.660. The van der Waals surface area contributed by atoms with E-state index in [1.807, 2.05) is 0 Å². The van der Waals surface area contributed by atoms with Crippen LogP contribution in [-0.4, -0.2) is 5.78 Å². The lowest BCUT2D eigenvalue weighted by atomic mass is 10.2. The van der Waals surface area contributed by atoms with E-state index in [-0.39, 0.29) is 6.42 Å². The molecule has 0 aromatic carbocycles. The van der Waals surface area contributed by atoms with Gasteiger partial charge >= 0.3 is 0 Å². The normalized spacial score (nSPS) is 11.7. The van der Waals surface area contributed by atoms with E-state index in [9.17, 15) is 9.18 Å². The van der Waals surface area contributed by atoms with Crippen molar-refractivity contribution in [3.05, 3.63) is 11.9 Å². The highest BCUT2D eigenvalue weighted by atomic mass is 19.1. The fourth-order valence-electron chi connectivity index (χ4n) is 0.462. The zero-order chi connectivity index (χ0) is 7.28. The molecule has 0 saturated carbocycles. The van der Waals surface area contributed by atoms with E-state index in [2.05, 4.69) is 0 Å². The molecule has 0 aliphatic rings. The molecule has 0 N–H and O–H groups in total. The minimum atomic E-state index is -0.597. The molecule has 0 amide bonds. The largest absolute Gasteiger partial charge is 0.292 e. The maximum atomic E-state index is 12.3. The lowest BCUT2D eigenvalue weighted by Gasteiger charge is -1.88. The first-order valence-corrected chi connectivity index (χ1v) is 3.11. The highest BCUT2D eigenvalue weighted by Gasteiger charge is 2.02. The molecule has 9 heavy (non-hydrogen) atoms. The first kappa shape index (κ1) is 8.34. The molecular weight excluding hydrogens is 119 g/mol. The van der Waals surface area contributed by atoms with Crippen LogP contribution in [0.5, 0.6) is 0 Å². The van der Waals surface area contributed by atoms with Crippen LogP contribution in [0.1, 0.15) is 26.7 Å². The first-order chi connectivity index (χ1) is 4.22. The van der Waals surface area contributed by atoms with Crippen molar-refractivity contribution in [2.75, 3.05) is 0 Å². The van der Waals surface area contributed by atoms with Gasteiger partial charge in [0.2, 0.25) is 0 Å². The van der Waals surface area contributed by atoms with Gasteiger partial charge in [-0.1, -0.05) is 13.8 Å². The molecule has 0 bridgehead atoms. The zero-order valence-corrected chi connectivity index (χ0v) is 5.78. The van der Waals surface area contributed by atoms with Gasteiger partial charge in [-0.25, -0.2) is 4.39 Å². The van der Waals surface area contributed by atoms with Gasteiger partial charge in [-0.05, 0) is 12.5 Å². The molecule has 0 saturated heterocycles. The zero-order valence-electron chi connectivity index (χ0n) is 5.78. The summed E-state index contributed by atoms with van der Waals surface area (Å²) in [4.78, 5) is 10.5. The molecule has 0 aliphatic heterocycles. The quantitative estimate of drug-likeness (QED) is 0.535. The molecule has 0 radical (unpaired) electrons. The average molecular weight is 130 g/mol. The Kier molecular flexibility index (Phi) is 3.93. The van der Waals surface area contributed by atoms with E-state index in [0.29, 0.717) is 6.42 Å². The maximum absolute atomic E-state index is 12.3. The molecular formula is C7H11FO. The molecule has 0 aromatic heterocycles. The van der Waals surface area contributed by atoms with Crippen LogP contribution in [0.15, 0.2) is 11.9 Å². The van der Waals surface area contributed by atoms with E-state index in [0.717, 1.165) is 0 Å². The lowest BCUT2D eigenvalue weighted by Crippen LogP contribution is -1.94. The maximum Gasteiger partial charge on any atom is 0.190 e. The van der Waals surface area contributed by atoms with E-state index in [1.165, 1.54) is 6.08 Å². The Balaban J connectivity index is 3.86. The van der Waals surface area contributed by atoms with E-state index < -0.39 is 11.6 Å². The molecule has 0 heterocycles. The summed E-state index contributed by atoms with van der Waals surface area (Å²) in [6.45, 7) is 3.44. The number of Topliss-reactive ketones (excluding diaryl/α,β-unsaturated/α-hetero) is 1. The molecule has 0 spiro atoms. The van der Waals surface area contributed by atoms with Gasteiger partial charge in [0.25, 0.3) is 0 Å². The van der Waals surface area contributed by atoms with E-state index >= 15 is 0 Å². The number of carbonyl (C=O) groups is 1. The topological polar surface area (TPSA) is 17.1 Å². The van der Waals surface area contributed by atoms with Crippen molar-refractivity contribution in [3.8, 4) is 0 Å². The molecule has 52 valence electrons. The van der Waals surface area contributed by atoms with Gasteiger partial charge in [-0.15, -0.1) is 0 Å². The SMILES string of the molecule is CC/C=C(\F)C(=O)CC. The summed E-state index contributed by atoms with van der Waals surface area (Å²) in [6, 6.07) is 0. The molecule has 0 atom stereocenters. The Morgan fingerprint density at radius 2 is 2.11 bits per heavy atom. The number of halogens is 1. The van der Waals surface area contributed by atoms with Gasteiger partial charge < -0.3 is 0 Å². The highest BCUT2D eigenvalue weighted by molar-refractivity contribution is 5.92. The summed E-state index contributed by atoms with van der Waals surface area (Å²) in [7, 11) is 0. The second-order valence-electron chi connectivity index (χ2n) is 1.74. The summed E-state index contributed by atoms with van der Waals surface area (Å²) in [5, 5.41) is 0. The number of rotatable bonds is 3. The molecule has 0 unspecified atom stereocenters. The van der Waals surface area contributed by atoms with Crippen LogP contribution in [0.4, 0.5) is 4.39 Å². The number of allylic oxidation sites excluding steroid dienone is 2. The van der Waals surface area contributed by atoms with Gasteiger partial charge in [0.1, 0.15) is 0 Å². The van der Waals surface area contributed by atoms with Gasteiger partial charge in [-0.2, -0.15) is 0 Å². The van der Waals surface area contributed by atoms with Crippen LogP contribution in [0.2, 0.25) is 0 Å². The lowest BCUT2D eigenvalue weighted by molar-refractivity contribution is -0.116. The predicted molar refractivity (Wildman–Crippen MR) is 34.8 cm³/mol. The van der Waals surface area contributed by atoms with Gasteiger partial charge in [0.15, 0.2) is 11.6 Å². The highest BCUT2D eigenvalue weighted by Crippen LogP contribution is 2.01. The summed E-state index contributed by atoms with van der Waals surface area (Å²) in [5.41, 5.74) is 0. The van der Waals surface area contributed by atoms with Crippen molar-refractivity contribution in [2.45, 2.75) is 26.7 Å². The minimum Gasteiger partial charge on any atom is -0.292 e. The Bertz CT molecular complexity index is 127. The third-order valence-corrected chi connectivity index (χ3v) is 0.971. The summed E-state index contributed by atoms with van der Waals surface area (Å²) < 4.78 is 12.3. The first-order valence-electron chi connectivity index (χ1n) is 3.11. The van der Waals surface area contributed by atoms with Crippen molar-refractivity contribution in [1.82, 2.24) is 0 Å². The molecule has 2 heteroatoms. The van der Waals surface area contributed by atoms with Gasteiger partial charge in [-0.3, -0.25) is 4.79 Å². The van der Waals surface area contributed by atoms with E-state index in [1.54, 1.807) is 13.8 Å². The van der Waals surface area contributed by atoms with Crippen molar-refractivity contribution < 1.29 is 9.18 Å². The van der Waals surface area contributed by atoms with Crippen LogP contribution in [0.3, 0.4) is 0 Å².